The fourth-order valence-electron chi connectivity index (χ4n) is 3.04. The molecule has 1 aliphatic heterocycles. The maximum atomic E-state index is 12.5. The summed E-state index contributed by atoms with van der Waals surface area (Å²) in [5.41, 5.74) is 3.89. The van der Waals surface area contributed by atoms with Gasteiger partial charge in [0, 0.05) is 45.0 Å². The molecule has 0 atom stereocenters. The molecule has 1 fully saturated rings. The maximum absolute atomic E-state index is 12.5. The summed E-state index contributed by atoms with van der Waals surface area (Å²) in [5, 5.41) is 12.2. The molecule has 0 bridgehead atoms. The molecule has 1 aromatic rings. The van der Waals surface area contributed by atoms with E-state index >= 15 is 0 Å². The van der Waals surface area contributed by atoms with Crippen LogP contribution >= 0.6 is 0 Å². The van der Waals surface area contributed by atoms with Crippen molar-refractivity contribution in [3.8, 4) is 6.07 Å². The zero-order valence-corrected chi connectivity index (χ0v) is 15.2. The highest BCUT2D eigenvalue weighted by molar-refractivity contribution is 6.07. The van der Waals surface area contributed by atoms with Gasteiger partial charge in [0.1, 0.15) is 11.6 Å². The summed E-state index contributed by atoms with van der Waals surface area (Å²) in [6, 6.07) is 5.98. The van der Waals surface area contributed by atoms with Crippen molar-refractivity contribution in [1.82, 2.24) is 9.80 Å². The highest BCUT2D eigenvalue weighted by Crippen LogP contribution is 2.22. The van der Waals surface area contributed by atoms with E-state index in [1.807, 2.05) is 43.9 Å². The van der Waals surface area contributed by atoms with Crippen LogP contribution in [0.25, 0.3) is 0 Å². The molecule has 0 aliphatic carbocycles. The molecule has 0 unspecified atom stereocenters. The van der Waals surface area contributed by atoms with Crippen molar-refractivity contribution in [3.05, 3.63) is 40.6 Å². The van der Waals surface area contributed by atoms with Crippen molar-refractivity contribution in [3.63, 3.8) is 0 Å². The SMILES string of the molecule is CC(=O)N1CCN(/C=C(/C#N)C(=O)Nc2c(C)cc(C)cc2C)CC1. The Hall–Kier alpha value is -2.81. The molecule has 1 heterocycles. The number of aryl methyl sites for hydroxylation is 3. The third-order valence-electron chi connectivity index (χ3n) is 4.35. The number of benzene rings is 1. The molecule has 1 aliphatic rings. The van der Waals surface area contributed by atoms with E-state index in [4.69, 9.17) is 0 Å². The Kier molecular flexibility index (Phi) is 5.81. The normalized spacial score (nSPS) is 14.9. The van der Waals surface area contributed by atoms with Gasteiger partial charge in [-0.05, 0) is 31.9 Å². The fraction of sp³-hybridized carbons (Fsp3) is 0.421. The van der Waals surface area contributed by atoms with Gasteiger partial charge in [0.2, 0.25) is 5.91 Å². The second-order valence-corrected chi connectivity index (χ2v) is 6.42. The van der Waals surface area contributed by atoms with Crippen molar-refractivity contribution < 1.29 is 9.59 Å². The zero-order valence-electron chi connectivity index (χ0n) is 15.2. The summed E-state index contributed by atoms with van der Waals surface area (Å²) in [7, 11) is 0. The van der Waals surface area contributed by atoms with Crippen LogP contribution in [0.4, 0.5) is 5.69 Å². The van der Waals surface area contributed by atoms with Crippen LogP contribution in [0.1, 0.15) is 23.6 Å². The van der Waals surface area contributed by atoms with Crippen LogP contribution in [-0.2, 0) is 9.59 Å². The number of nitrogens with one attached hydrogen (secondary N) is 1. The minimum absolute atomic E-state index is 0.0483. The van der Waals surface area contributed by atoms with Gasteiger partial charge in [-0.1, -0.05) is 17.7 Å². The largest absolute Gasteiger partial charge is 0.373 e. The smallest absolute Gasteiger partial charge is 0.267 e. The molecule has 0 saturated carbocycles. The molecule has 2 rings (SSSR count). The molecule has 0 radical (unpaired) electrons. The average Bonchev–Trinajstić information content (AvgIpc) is 2.56. The molecular weight excluding hydrogens is 316 g/mol. The Labute approximate surface area is 148 Å². The van der Waals surface area contributed by atoms with Gasteiger partial charge in [-0.3, -0.25) is 9.59 Å². The van der Waals surface area contributed by atoms with Crippen molar-refractivity contribution in [1.29, 1.82) is 5.26 Å². The number of anilines is 1. The third kappa shape index (κ3) is 4.60. The minimum Gasteiger partial charge on any atom is -0.373 e. The predicted octanol–water partition coefficient (Wildman–Crippen LogP) is 2.12. The Bertz CT molecular complexity index is 730. The highest BCUT2D eigenvalue weighted by Gasteiger charge is 2.19. The second kappa shape index (κ2) is 7.84. The van der Waals surface area contributed by atoms with E-state index in [2.05, 4.69) is 5.32 Å². The Morgan fingerprint density at radius 2 is 1.68 bits per heavy atom. The van der Waals surface area contributed by atoms with Crippen LogP contribution in [0, 0.1) is 32.1 Å². The summed E-state index contributed by atoms with van der Waals surface area (Å²) < 4.78 is 0. The number of piperazine rings is 1. The van der Waals surface area contributed by atoms with E-state index in [1.165, 1.54) is 0 Å². The first-order chi connectivity index (χ1) is 11.8. The molecule has 132 valence electrons. The monoisotopic (exact) mass is 340 g/mol. The van der Waals surface area contributed by atoms with E-state index in [1.54, 1.807) is 18.0 Å². The van der Waals surface area contributed by atoms with Crippen molar-refractivity contribution in [2.45, 2.75) is 27.7 Å². The third-order valence-corrected chi connectivity index (χ3v) is 4.35. The number of carbonyl (C=O) groups is 2. The van der Waals surface area contributed by atoms with E-state index in [9.17, 15) is 14.9 Å². The van der Waals surface area contributed by atoms with Crippen LogP contribution in [0.5, 0.6) is 0 Å². The van der Waals surface area contributed by atoms with Gasteiger partial charge in [-0.25, -0.2) is 0 Å². The standard InChI is InChI=1S/C19H24N4O2/c1-13-9-14(2)18(15(3)10-13)21-19(25)17(11-20)12-22-5-7-23(8-6-22)16(4)24/h9-10,12H,5-8H2,1-4H3,(H,21,25)/b17-12-. The number of nitriles is 1. The fourth-order valence-corrected chi connectivity index (χ4v) is 3.04. The first-order valence-electron chi connectivity index (χ1n) is 8.32. The zero-order chi connectivity index (χ0) is 18.6. The van der Waals surface area contributed by atoms with Gasteiger partial charge in [0.25, 0.3) is 5.91 Å². The van der Waals surface area contributed by atoms with Gasteiger partial charge in [0.05, 0.1) is 0 Å². The van der Waals surface area contributed by atoms with Crippen LogP contribution in [0.3, 0.4) is 0 Å². The van der Waals surface area contributed by atoms with Crippen LogP contribution in [-0.4, -0.2) is 47.8 Å². The first kappa shape index (κ1) is 18.5. The number of nitrogens with zero attached hydrogens (tertiary/aromatic N) is 3. The predicted molar refractivity (Wildman–Crippen MR) is 96.8 cm³/mol. The summed E-state index contributed by atoms with van der Waals surface area (Å²) in [6.45, 7) is 9.85. The van der Waals surface area contributed by atoms with Crippen LogP contribution in [0.2, 0.25) is 0 Å². The Morgan fingerprint density at radius 1 is 1.12 bits per heavy atom. The quantitative estimate of drug-likeness (QED) is 0.675. The van der Waals surface area contributed by atoms with E-state index < -0.39 is 5.91 Å². The molecule has 1 aromatic carbocycles. The Morgan fingerprint density at radius 3 is 2.16 bits per heavy atom. The number of amides is 2. The molecule has 0 aromatic heterocycles. The lowest BCUT2D eigenvalue weighted by Crippen LogP contribution is -2.46. The molecular formula is C19H24N4O2. The molecule has 1 saturated heterocycles. The van der Waals surface area contributed by atoms with E-state index in [0.717, 1.165) is 22.4 Å². The van der Waals surface area contributed by atoms with Gasteiger partial charge < -0.3 is 15.1 Å². The summed E-state index contributed by atoms with van der Waals surface area (Å²) in [6.07, 6.45) is 1.59. The minimum atomic E-state index is -0.411. The molecule has 2 amide bonds. The number of carbonyl (C=O) groups excluding carboxylic acids is 2. The van der Waals surface area contributed by atoms with Crippen molar-refractivity contribution >= 4 is 17.5 Å². The molecule has 6 nitrogen and oxygen atoms in total. The highest BCUT2D eigenvalue weighted by atomic mass is 16.2. The first-order valence-corrected chi connectivity index (χ1v) is 8.32. The van der Waals surface area contributed by atoms with Gasteiger partial charge >= 0.3 is 0 Å². The van der Waals surface area contributed by atoms with Crippen LogP contribution < -0.4 is 5.32 Å². The molecule has 0 spiro atoms. The molecule has 1 N–H and O–H groups in total. The van der Waals surface area contributed by atoms with Gasteiger partial charge in [0.15, 0.2) is 0 Å². The van der Waals surface area contributed by atoms with Crippen LogP contribution in [0.15, 0.2) is 23.9 Å². The maximum Gasteiger partial charge on any atom is 0.267 e. The van der Waals surface area contributed by atoms with Crippen molar-refractivity contribution in [2.75, 3.05) is 31.5 Å². The van der Waals surface area contributed by atoms with Gasteiger partial charge in [-0.2, -0.15) is 5.26 Å². The summed E-state index contributed by atoms with van der Waals surface area (Å²) in [4.78, 5) is 27.5. The summed E-state index contributed by atoms with van der Waals surface area (Å²) in [5.74, 6) is -0.362. The molecule has 6 heteroatoms. The summed E-state index contributed by atoms with van der Waals surface area (Å²) >= 11 is 0. The molecule has 25 heavy (non-hydrogen) atoms. The average molecular weight is 340 g/mol. The number of rotatable bonds is 3. The topological polar surface area (TPSA) is 76.4 Å². The number of hydrogen-bond acceptors (Lipinski definition) is 4. The van der Waals surface area contributed by atoms with E-state index in [0.29, 0.717) is 26.2 Å². The van der Waals surface area contributed by atoms with Crippen molar-refractivity contribution in [2.24, 2.45) is 0 Å². The second-order valence-electron chi connectivity index (χ2n) is 6.42. The van der Waals surface area contributed by atoms with E-state index in [-0.39, 0.29) is 11.5 Å². The Balaban J connectivity index is 2.10. The number of hydrogen-bond donors (Lipinski definition) is 1. The lowest BCUT2D eigenvalue weighted by atomic mass is 10.0. The lowest BCUT2D eigenvalue weighted by molar-refractivity contribution is -0.130. The van der Waals surface area contributed by atoms with Gasteiger partial charge in [-0.15, -0.1) is 0 Å². The lowest BCUT2D eigenvalue weighted by Gasteiger charge is -2.33.